The lowest BCUT2D eigenvalue weighted by Crippen LogP contribution is -2.23. The van der Waals surface area contributed by atoms with Crippen LogP contribution in [0.25, 0.3) is 6.08 Å². The van der Waals surface area contributed by atoms with Crippen molar-refractivity contribution in [1.29, 1.82) is 0 Å². The maximum absolute atomic E-state index is 12.1. The molecule has 8 heteroatoms. The predicted octanol–water partition coefficient (Wildman–Crippen LogP) is 3.08. The van der Waals surface area contributed by atoms with Crippen LogP contribution in [0.1, 0.15) is 18.2 Å². The Labute approximate surface area is 167 Å². The standard InChI is InChI=1S/C20H18ClN3O4/c1-13(25)27-10-9-24(2)16-5-3-14(4-6-16)11-18-20(26)28-19(23-18)17-12-15(21)7-8-22-17/h3-8,11-12H,9-10H2,1-2H3/b18-11-. The molecule has 0 fully saturated rings. The lowest BCUT2D eigenvalue weighted by molar-refractivity contribution is -0.140. The van der Waals surface area contributed by atoms with Crippen molar-refractivity contribution in [2.45, 2.75) is 6.92 Å². The fourth-order valence-electron chi connectivity index (χ4n) is 2.48. The van der Waals surface area contributed by atoms with Gasteiger partial charge in [-0.15, -0.1) is 0 Å². The van der Waals surface area contributed by atoms with Gasteiger partial charge in [-0.05, 0) is 35.9 Å². The summed E-state index contributed by atoms with van der Waals surface area (Å²) in [6.45, 7) is 2.28. The van der Waals surface area contributed by atoms with E-state index in [1.165, 1.54) is 13.1 Å². The Hall–Kier alpha value is -3.19. The summed E-state index contributed by atoms with van der Waals surface area (Å²) in [7, 11) is 1.90. The maximum atomic E-state index is 12.1. The topological polar surface area (TPSA) is 81.1 Å². The van der Waals surface area contributed by atoms with E-state index >= 15 is 0 Å². The van der Waals surface area contributed by atoms with E-state index in [4.69, 9.17) is 21.1 Å². The fraction of sp³-hybridized carbons (Fsp3) is 0.200. The summed E-state index contributed by atoms with van der Waals surface area (Å²) in [5, 5.41) is 0.481. The third-order valence-electron chi connectivity index (χ3n) is 3.93. The summed E-state index contributed by atoms with van der Waals surface area (Å²) in [6.07, 6.45) is 3.16. The zero-order valence-corrected chi connectivity index (χ0v) is 16.1. The number of hydrogen-bond acceptors (Lipinski definition) is 7. The second kappa shape index (κ2) is 8.67. The van der Waals surface area contributed by atoms with Crippen molar-refractivity contribution in [2.24, 2.45) is 4.99 Å². The largest absolute Gasteiger partial charge is 0.464 e. The van der Waals surface area contributed by atoms with Gasteiger partial charge in [0.15, 0.2) is 5.70 Å². The molecule has 0 N–H and O–H groups in total. The van der Waals surface area contributed by atoms with Gasteiger partial charge >= 0.3 is 11.9 Å². The Morgan fingerprint density at radius 3 is 2.71 bits per heavy atom. The molecule has 2 aromatic rings. The van der Waals surface area contributed by atoms with Crippen molar-refractivity contribution < 1.29 is 19.1 Å². The molecule has 0 bridgehead atoms. The second-order valence-corrected chi connectivity index (χ2v) is 6.48. The number of likely N-dealkylation sites (N-methyl/N-ethyl adjacent to an activating group) is 1. The highest BCUT2D eigenvalue weighted by atomic mass is 35.5. The molecule has 1 aliphatic heterocycles. The zero-order valence-electron chi connectivity index (χ0n) is 15.4. The zero-order chi connectivity index (χ0) is 20.1. The lowest BCUT2D eigenvalue weighted by Gasteiger charge is -2.19. The Morgan fingerprint density at radius 2 is 2.04 bits per heavy atom. The van der Waals surface area contributed by atoms with Crippen LogP contribution in [-0.4, -0.2) is 43.0 Å². The molecular weight excluding hydrogens is 382 g/mol. The van der Waals surface area contributed by atoms with Crippen LogP contribution in [0.3, 0.4) is 0 Å². The molecule has 0 aliphatic carbocycles. The third-order valence-corrected chi connectivity index (χ3v) is 4.17. The molecule has 144 valence electrons. The maximum Gasteiger partial charge on any atom is 0.363 e. The van der Waals surface area contributed by atoms with E-state index in [2.05, 4.69) is 9.98 Å². The summed E-state index contributed by atoms with van der Waals surface area (Å²) < 4.78 is 10.1. The molecule has 28 heavy (non-hydrogen) atoms. The molecule has 0 saturated carbocycles. The number of aliphatic imine (C=N–C) groups is 1. The Kier molecular flexibility index (Phi) is 6.06. The highest BCUT2D eigenvalue weighted by molar-refractivity contribution is 6.31. The van der Waals surface area contributed by atoms with Crippen molar-refractivity contribution in [3.8, 4) is 0 Å². The highest BCUT2D eigenvalue weighted by Gasteiger charge is 2.25. The predicted molar refractivity (Wildman–Crippen MR) is 106 cm³/mol. The highest BCUT2D eigenvalue weighted by Crippen LogP contribution is 2.21. The van der Waals surface area contributed by atoms with Crippen LogP contribution in [0, 0.1) is 0 Å². The Morgan fingerprint density at radius 1 is 1.29 bits per heavy atom. The molecule has 0 unspecified atom stereocenters. The van der Waals surface area contributed by atoms with Gasteiger partial charge in [0.05, 0.1) is 6.54 Å². The molecule has 0 radical (unpaired) electrons. The van der Waals surface area contributed by atoms with Gasteiger partial charge in [-0.1, -0.05) is 23.7 Å². The average molecular weight is 400 g/mol. The van der Waals surface area contributed by atoms with Crippen molar-refractivity contribution in [1.82, 2.24) is 4.98 Å². The van der Waals surface area contributed by atoms with E-state index in [0.29, 0.717) is 23.9 Å². The van der Waals surface area contributed by atoms with E-state index < -0.39 is 5.97 Å². The number of rotatable bonds is 6. The molecule has 0 atom stereocenters. The van der Waals surface area contributed by atoms with Crippen molar-refractivity contribution in [2.75, 3.05) is 25.1 Å². The van der Waals surface area contributed by atoms with Crippen molar-refractivity contribution in [3.05, 3.63) is 64.6 Å². The molecule has 7 nitrogen and oxygen atoms in total. The first kappa shape index (κ1) is 19.6. The van der Waals surface area contributed by atoms with Gasteiger partial charge in [-0.3, -0.25) is 9.78 Å². The summed E-state index contributed by atoms with van der Waals surface area (Å²) in [5.74, 6) is -0.716. The number of ether oxygens (including phenoxy) is 2. The molecule has 3 rings (SSSR count). The van der Waals surface area contributed by atoms with Crippen LogP contribution < -0.4 is 4.90 Å². The number of carbonyl (C=O) groups excluding carboxylic acids is 2. The number of hydrogen-bond donors (Lipinski definition) is 0. The number of esters is 2. The molecular formula is C20H18ClN3O4. The number of anilines is 1. The minimum atomic E-state index is -0.542. The van der Waals surface area contributed by atoms with Crippen molar-refractivity contribution in [3.63, 3.8) is 0 Å². The first-order valence-corrected chi connectivity index (χ1v) is 8.89. The number of carbonyl (C=O) groups is 2. The normalized spacial score (nSPS) is 14.6. The van der Waals surface area contributed by atoms with Crippen LogP contribution in [0.5, 0.6) is 0 Å². The molecule has 1 aromatic heterocycles. The van der Waals surface area contributed by atoms with E-state index in [0.717, 1.165) is 11.3 Å². The first-order valence-electron chi connectivity index (χ1n) is 8.51. The minimum Gasteiger partial charge on any atom is -0.464 e. The smallest absolute Gasteiger partial charge is 0.363 e. The molecule has 0 spiro atoms. The third kappa shape index (κ3) is 4.95. The van der Waals surface area contributed by atoms with Gasteiger partial charge in [0.25, 0.3) is 0 Å². The number of halogens is 1. The molecule has 0 saturated heterocycles. The Balaban J connectivity index is 1.71. The van der Waals surface area contributed by atoms with Crippen molar-refractivity contribution >= 4 is 41.2 Å². The summed E-state index contributed by atoms with van der Waals surface area (Å²) in [4.78, 5) is 33.2. The van der Waals surface area contributed by atoms with Crippen LogP contribution >= 0.6 is 11.6 Å². The monoisotopic (exact) mass is 399 g/mol. The van der Waals surface area contributed by atoms with Gasteiger partial charge < -0.3 is 14.4 Å². The first-order chi connectivity index (χ1) is 13.4. The van der Waals surface area contributed by atoms with Gasteiger partial charge in [-0.2, -0.15) is 0 Å². The Bertz CT molecular complexity index is 954. The SMILES string of the molecule is CC(=O)OCCN(C)c1ccc(/C=C2\N=C(c3cc(Cl)ccn3)OC2=O)cc1. The fourth-order valence-corrected chi connectivity index (χ4v) is 2.64. The van der Waals surface area contributed by atoms with Gasteiger partial charge in [0.1, 0.15) is 12.3 Å². The van der Waals surface area contributed by atoms with Crippen LogP contribution in [0.15, 0.2) is 53.3 Å². The molecule has 2 heterocycles. The van der Waals surface area contributed by atoms with Gasteiger partial charge in [-0.25, -0.2) is 9.79 Å². The number of nitrogens with zero attached hydrogens (tertiary/aromatic N) is 3. The van der Waals surface area contributed by atoms with Crippen LogP contribution in [0.2, 0.25) is 5.02 Å². The molecule has 1 aromatic carbocycles. The quantitative estimate of drug-likeness (QED) is 0.548. The lowest BCUT2D eigenvalue weighted by atomic mass is 10.1. The van der Waals surface area contributed by atoms with Gasteiger partial charge in [0.2, 0.25) is 5.90 Å². The van der Waals surface area contributed by atoms with E-state index in [1.807, 2.05) is 36.2 Å². The van der Waals surface area contributed by atoms with Gasteiger partial charge in [0, 0.05) is 30.9 Å². The second-order valence-electron chi connectivity index (χ2n) is 6.05. The number of cyclic esters (lactones) is 1. The number of aromatic nitrogens is 1. The average Bonchev–Trinajstić information content (AvgIpc) is 3.02. The number of pyridine rings is 1. The molecule has 1 aliphatic rings. The van der Waals surface area contributed by atoms with Crippen LogP contribution in [0.4, 0.5) is 5.69 Å². The summed E-state index contributed by atoms with van der Waals surface area (Å²) in [6, 6.07) is 10.8. The summed E-state index contributed by atoms with van der Waals surface area (Å²) in [5.41, 5.74) is 2.34. The number of benzene rings is 1. The van der Waals surface area contributed by atoms with Crippen LogP contribution in [-0.2, 0) is 19.1 Å². The molecule has 0 amide bonds. The van der Waals surface area contributed by atoms with E-state index in [1.54, 1.807) is 18.2 Å². The summed E-state index contributed by atoms with van der Waals surface area (Å²) >= 11 is 5.93. The minimum absolute atomic E-state index is 0.126. The van der Waals surface area contributed by atoms with E-state index in [-0.39, 0.29) is 17.6 Å². The van der Waals surface area contributed by atoms with E-state index in [9.17, 15) is 9.59 Å².